The van der Waals surface area contributed by atoms with Crippen LogP contribution in [0, 0.1) is 6.92 Å². The molecule has 0 atom stereocenters. The van der Waals surface area contributed by atoms with E-state index in [-0.39, 0.29) is 5.60 Å². The molecule has 1 aromatic rings. The maximum absolute atomic E-state index is 6.22. The van der Waals surface area contributed by atoms with Gasteiger partial charge in [-0.25, -0.2) is 0 Å². The van der Waals surface area contributed by atoms with Crippen molar-refractivity contribution in [3.05, 3.63) is 35.4 Å². The van der Waals surface area contributed by atoms with E-state index in [2.05, 4.69) is 45.0 Å². The minimum Gasteiger partial charge on any atom is -0.398 e. The van der Waals surface area contributed by atoms with E-state index in [4.69, 9.17) is 20.2 Å². The zero-order chi connectivity index (χ0) is 14.5. The van der Waals surface area contributed by atoms with E-state index in [0.717, 1.165) is 6.42 Å². The van der Waals surface area contributed by atoms with Crippen LogP contribution in [0.15, 0.2) is 24.3 Å². The summed E-state index contributed by atoms with van der Waals surface area (Å²) in [5.74, 6) is 0. The summed E-state index contributed by atoms with van der Waals surface area (Å²) < 4.78 is 11.6. The molecule has 19 heavy (non-hydrogen) atoms. The van der Waals surface area contributed by atoms with Gasteiger partial charge in [0.2, 0.25) is 0 Å². The number of benzene rings is 1. The van der Waals surface area contributed by atoms with Crippen molar-refractivity contribution in [2.75, 3.05) is 6.61 Å². The van der Waals surface area contributed by atoms with Crippen molar-refractivity contribution in [1.29, 1.82) is 0 Å². The molecule has 0 aliphatic heterocycles. The fourth-order valence-corrected chi connectivity index (χ4v) is 3.94. The molecule has 0 amide bonds. The van der Waals surface area contributed by atoms with Crippen LogP contribution in [-0.2, 0) is 15.8 Å². The summed E-state index contributed by atoms with van der Waals surface area (Å²) in [6.07, 6.45) is 0.849. The number of ether oxygens (including phenoxy) is 1. The number of aryl methyl sites for hydroxylation is 1. The van der Waals surface area contributed by atoms with Crippen LogP contribution in [0.5, 0.6) is 0 Å². The van der Waals surface area contributed by atoms with Crippen molar-refractivity contribution < 1.29 is 9.16 Å². The van der Waals surface area contributed by atoms with Crippen LogP contribution in [0.1, 0.15) is 31.4 Å². The third-order valence-corrected chi connectivity index (χ3v) is 4.03. The number of halogens is 1. The molecule has 0 saturated carbocycles. The van der Waals surface area contributed by atoms with E-state index in [0.29, 0.717) is 13.2 Å². The van der Waals surface area contributed by atoms with Gasteiger partial charge < -0.3 is 9.16 Å². The van der Waals surface area contributed by atoms with Gasteiger partial charge >= 0.3 is 0 Å². The molecule has 1 aromatic carbocycles. The largest absolute Gasteiger partial charge is 0.398 e. The molecule has 4 heteroatoms. The summed E-state index contributed by atoms with van der Waals surface area (Å²) in [7, 11) is -2.01. The van der Waals surface area contributed by atoms with E-state index in [1.165, 1.54) is 11.1 Å². The van der Waals surface area contributed by atoms with Gasteiger partial charge in [0, 0.05) is 6.61 Å². The molecule has 1 rings (SSSR count). The maximum atomic E-state index is 6.22. The van der Waals surface area contributed by atoms with Crippen molar-refractivity contribution in [2.45, 2.75) is 52.5 Å². The van der Waals surface area contributed by atoms with E-state index >= 15 is 0 Å². The van der Waals surface area contributed by atoms with Crippen LogP contribution >= 0.6 is 11.1 Å². The van der Waals surface area contributed by atoms with E-state index in [9.17, 15) is 0 Å². The van der Waals surface area contributed by atoms with Crippen molar-refractivity contribution in [1.82, 2.24) is 0 Å². The average Bonchev–Trinajstić information content (AvgIpc) is 2.23. The lowest BCUT2D eigenvalue weighted by atomic mass is 10.1. The van der Waals surface area contributed by atoms with Crippen LogP contribution in [0.25, 0.3) is 0 Å². The third kappa shape index (κ3) is 7.73. The van der Waals surface area contributed by atoms with E-state index in [1.54, 1.807) is 0 Å². The second kappa shape index (κ2) is 6.89. The van der Waals surface area contributed by atoms with Crippen molar-refractivity contribution in [2.24, 2.45) is 0 Å². The monoisotopic (exact) mass is 300 g/mol. The second-order valence-electron chi connectivity index (χ2n) is 6.01. The standard InChI is InChI=1S/C15H25ClO2Si/c1-13-6-8-14(9-7-13)12-17-11-10-15(2,3)18-19(4,5)16/h6-9H,10-12H2,1-5H3. The van der Waals surface area contributed by atoms with Crippen molar-refractivity contribution >= 4 is 18.7 Å². The van der Waals surface area contributed by atoms with E-state index in [1.807, 2.05) is 13.1 Å². The topological polar surface area (TPSA) is 18.5 Å². The van der Waals surface area contributed by atoms with Gasteiger partial charge in [-0.3, -0.25) is 0 Å². The van der Waals surface area contributed by atoms with Gasteiger partial charge in [-0.05, 0) is 45.8 Å². The zero-order valence-electron chi connectivity index (χ0n) is 12.6. The molecule has 0 saturated heterocycles. The summed E-state index contributed by atoms with van der Waals surface area (Å²) in [4.78, 5) is 0. The lowest BCUT2D eigenvalue weighted by Gasteiger charge is -2.31. The van der Waals surface area contributed by atoms with E-state index < -0.39 is 7.63 Å². The second-order valence-corrected chi connectivity index (χ2v) is 11.7. The summed E-state index contributed by atoms with van der Waals surface area (Å²) in [6, 6.07) is 8.41. The first-order valence-corrected chi connectivity index (χ1v) is 10.6. The Morgan fingerprint density at radius 3 is 2.26 bits per heavy atom. The number of hydrogen-bond acceptors (Lipinski definition) is 2. The smallest absolute Gasteiger partial charge is 0.284 e. The van der Waals surface area contributed by atoms with Gasteiger partial charge in [-0.15, -0.1) is 11.1 Å². The number of rotatable bonds is 7. The molecule has 0 N–H and O–H groups in total. The highest BCUT2D eigenvalue weighted by atomic mass is 35.6. The first-order valence-electron chi connectivity index (χ1n) is 6.70. The predicted molar refractivity (Wildman–Crippen MR) is 84.0 cm³/mol. The molecule has 0 heterocycles. The lowest BCUT2D eigenvalue weighted by molar-refractivity contribution is 0.0385. The predicted octanol–water partition coefficient (Wildman–Crippen LogP) is 4.64. The molecule has 0 radical (unpaired) electrons. The van der Waals surface area contributed by atoms with Crippen LogP contribution in [0.4, 0.5) is 0 Å². The Morgan fingerprint density at radius 1 is 1.16 bits per heavy atom. The molecule has 0 aromatic heterocycles. The first kappa shape index (κ1) is 16.7. The Morgan fingerprint density at radius 2 is 1.74 bits per heavy atom. The Balaban J connectivity index is 2.28. The van der Waals surface area contributed by atoms with Crippen LogP contribution in [0.3, 0.4) is 0 Å². The first-order chi connectivity index (χ1) is 8.68. The van der Waals surface area contributed by atoms with Gasteiger partial charge in [0.1, 0.15) is 0 Å². The lowest BCUT2D eigenvalue weighted by Crippen LogP contribution is -2.37. The summed E-state index contributed by atoms with van der Waals surface area (Å²) in [5.41, 5.74) is 2.26. The summed E-state index contributed by atoms with van der Waals surface area (Å²) in [5, 5.41) is 0. The van der Waals surface area contributed by atoms with Crippen molar-refractivity contribution in [3.8, 4) is 0 Å². The van der Waals surface area contributed by atoms with Crippen LogP contribution in [-0.4, -0.2) is 19.8 Å². The summed E-state index contributed by atoms with van der Waals surface area (Å²) >= 11 is 6.22. The Hall–Kier alpha value is -0.353. The molecule has 108 valence electrons. The average molecular weight is 301 g/mol. The molecular weight excluding hydrogens is 276 g/mol. The summed E-state index contributed by atoms with van der Waals surface area (Å²) in [6.45, 7) is 11.5. The van der Waals surface area contributed by atoms with Crippen LogP contribution in [0.2, 0.25) is 13.1 Å². The molecule has 0 unspecified atom stereocenters. The van der Waals surface area contributed by atoms with Gasteiger partial charge in [0.05, 0.1) is 12.2 Å². The fraction of sp³-hybridized carbons (Fsp3) is 0.600. The Bertz CT molecular complexity index is 382. The molecule has 0 bridgehead atoms. The van der Waals surface area contributed by atoms with Crippen LogP contribution < -0.4 is 0 Å². The van der Waals surface area contributed by atoms with Gasteiger partial charge in [0.15, 0.2) is 0 Å². The van der Waals surface area contributed by atoms with Gasteiger partial charge in [0.25, 0.3) is 7.63 Å². The molecule has 0 fully saturated rings. The Labute approximate surface area is 122 Å². The van der Waals surface area contributed by atoms with Gasteiger partial charge in [-0.2, -0.15) is 0 Å². The molecule has 0 aliphatic rings. The molecule has 2 nitrogen and oxygen atoms in total. The third-order valence-electron chi connectivity index (χ3n) is 2.76. The maximum Gasteiger partial charge on any atom is 0.284 e. The Kier molecular flexibility index (Phi) is 6.05. The fourth-order valence-electron chi connectivity index (χ4n) is 1.90. The minimum absolute atomic E-state index is 0.218. The zero-order valence-corrected chi connectivity index (χ0v) is 14.4. The quantitative estimate of drug-likeness (QED) is 0.415. The van der Waals surface area contributed by atoms with Crippen molar-refractivity contribution in [3.63, 3.8) is 0 Å². The highest BCUT2D eigenvalue weighted by Crippen LogP contribution is 2.23. The highest BCUT2D eigenvalue weighted by Gasteiger charge is 2.29. The van der Waals surface area contributed by atoms with Gasteiger partial charge in [-0.1, -0.05) is 29.8 Å². The SMILES string of the molecule is Cc1ccc(COCCC(C)(C)O[Si](C)(C)Cl)cc1. The highest BCUT2D eigenvalue weighted by molar-refractivity contribution is 7.15. The normalized spacial score (nSPS) is 12.7. The molecular formula is C15H25ClO2Si. The number of hydrogen-bond donors (Lipinski definition) is 0. The minimum atomic E-state index is -2.01. The molecule has 0 spiro atoms. The molecule has 0 aliphatic carbocycles.